The Labute approximate surface area is 148 Å². The van der Waals surface area contributed by atoms with E-state index in [0.717, 1.165) is 62.5 Å². The Morgan fingerprint density at radius 3 is 1.28 bits per heavy atom. The zero-order valence-electron chi connectivity index (χ0n) is 14.5. The van der Waals surface area contributed by atoms with Crippen LogP contribution in [0.25, 0.3) is 0 Å². The molecule has 2 nitrogen and oxygen atoms in total. The SMILES string of the molecule is Oc1ccc(CCCCCCCCCc2ccc(O)c(F)c2)cc1F. The summed E-state index contributed by atoms with van der Waals surface area (Å²) in [5.74, 6) is -1.69. The number of phenols is 2. The van der Waals surface area contributed by atoms with Gasteiger partial charge >= 0.3 is 0 Å². The molecule has 0 spiro atoms. The van der Waals surface area contributed by atoms with Crippen LogP contribution < -0.4 is 0 Å². The van der Waals surface area contributed by atoms with Crippen molar-refractivity contribution >= 4 is 0 Å². The maximum atomic E-state index is 13.2. The Kier molecular flexibility index (Phi) is 7.71. The predicted molar refractivity (Wildman–Crippen MR) is 95.9 cm³/mol. The Morgan fingerprint density at radius 2 is 0.920 bits per heavy atom. The van der Waals surface area contributed by atoms with Crippen LogP contribution in [0, 0.1) is 11.6 Å². The van der Waals surface area contributed by atoms with E-state index in [1.807, 2.05) is 0 Å². The molecule has 0 atom stereocenters. The van der Waals surface area contributed by atoms with Gasteiger partial charge in [0.1, 0.15) is 0 Å². The van der Waals surface area contributed by atoms with E-state index in [-0.39, 0.29) is 11.5 Å². The highest BCUT2D eigenvalue weighted by atomic mass is 19.1. The van der Waals surface area contributed by atoms with Crippen molar-refractivity contribution in [1.29, 1.82) is 0 Å². The van der Waals surface area contributed by atoms with Gasteiger partial charge in [-0.05, 0) is 61.1 Å². The lowest BCUT2D eigenvalue weighted by Crippen LogP contribution is -1.89. The standard InChI is InChI=1S/C21H26F2O2/c22-18-14-16(10-12-20(18)24)8-6-4-2-1-3-5-7-9-17-11-13-21(25)19(23)15-17/h10-15,24-25H,1-9H2. The molecule has 0 fully saturated rings. The molecule has 0 aliphatic heterocycles. The fraction of sp³-hybridized carbons (Fsp3) is 0.429. The number of hydrogen-bond donors (Lipinski definition) is 2. The molecule has 0 saturated heterocycles. The summed E-state index contributed by atoms with van der Waals surface area (Å²) in [4.78, 5) is 0. The summed E-state index contributed by atoms with van der Waals surface area (Å²) in [6.45, 7) is 0. The highest BCUT2D eigenvalue weighted by Crippen LogP contribution is 2.19. The fourth-order valence-corrected chi connectivity index (χ4v) is 2.95. The quantitative estimate of drug-likeness (QED) is 0.525. The monoisotopic (exact) mass is 348 g/mol. The van der Waals surface area contributed by atoms with Gasteiger partial charge in [0.15, 0.2) is 23.1 Å². The normalized spacial score (nSPS) is 11.0. The molecule has 0 bridgehead atoms. The van der Waals surface area contributed by atoms with E-state index in [4.69, 9.17) is 10.2 Å². The molecule has 0 unspecified atom stereocenters. The Balaban J connectivity index is 1.49. The van der Waals surface area contributed by atoms with Crippen LogP contribution >= 0.6 is 0 Å². The molecule has 136 valence electrons. The van der Waals surface area contributed by atoms with Crippen molar-refractivity contribution in [2.24, 2.45) is 0 Å². The van der Waals surface area contributed by atoms with E-state index in [2.05, 4.69) is 0 Å². The van der Waals surface area contributed by atoms with E-state index in [1.165, 1.54) is 30.7 Å². The van der Waals surface area contributed by atoms with Gasteiger partial charge in [-0.1, -0.05) is 44.2 Å². The molecule has 0 aliphatic carbocycles. The molecule has 2 aromatic rings. The van der Waals surface area contributed by atoms with E-state index in [0.29, 0.717) is 0 Å². The summed E-state index contributed by atoms with van der Waals surface area (Å²) in [5.41, 5.74) is 1.85. The first-order chi connectivity index (χ1) is 12.1. The van der Waals surface area contributed by atoms with Crippen LogP contribution in [0.5, 0.6) is 11.5 Å². The van der Waals surface area contributed by atoms with Gasteiger partial charge in [-0.3, -0.25) is 0 Å². The third-order valence-corrected chi connectivity index (χ3v) is 4.46. The molecule has 0 aromatic heterocycles. The number of hydrogen-bond acceptors (Lipinski definition) is 2. The molecule has 2 N–H and O–H groups in total. The van der Waals surface area contributed by atoms with Gasteiger partial charge in [-0.25, -0.2) is 8.78 Å². The van der Waals surface area contributed by atoms with Crippen molar-refractivity contribution in [1.82, 2.24) is 0 Å². The number of aryl methyl sites for hydroxylation is 2. The van der Waals surface area contributed by atoms with Crippen LogP contribution in [0.15, 0.2) is 36.4 Å². The van der Waals surface area contributed by atoms with Gasteiger partial charge in [0.05, 0.1) is 0 Å². The zero-order chi connectivity index (χ0) is 18.1. The molecule has 25 heavy (non-hydrogen) atoms. The van der Waals surface area contributed by atoms with Gasteiger partial charge in [0.25, 0.3) is 0 Å². The Hall–Kier alpha value is -2.10. The summed E-state index contributed by atoms with van der Waals surface area (Å²) in [5, 5.41) is 18.3. The van der Waals surface area contributed by atoms with Crippen LogP contribution in [0.4, 0.5) is 8.78 Å². The smallest absolute Gasteiger partial charge is 0.165 e. The Morgan fingerprint density at radius 1 is 0.560 bits per heavy atom. The van der Waals surface area contributed by atoms with Crippen LogP contribution in [-0.4, -0.2) is 10.2 Å². The minimum Gasteiger partial charge on any atom is -0.505 e. The van der Waals surface area contributed by atoms with Crippen molar-refractivity contribution in [2.45, 2.75) is 57.8 Å². The van der Waals surface area contributed by atoms with Gasteiger partial charge in [0.2, 0.25) is 0 Å². The van der Waals surface area contributed by atoms with E-state index in [9.17, 15) is 8.78 Å². The maximum absolute atomic E-state index is 13.2. The summed E-state index contributed by atoms with van der Waals surface area (Å²) in [6.07, 6.45) is 9.45. The van der Waals surface area contributed by atoms with Crippen molar-refractivity contribution in [2.75, 3.05) is 0 Å². The molecule has 4 heteroatoms. The van der Waals surface area contributed by atoms with Gasteiger partial charge < -0.3 is 10.2 Å². The first-order valence-corrected chi connectivity index (χ1v) is 9.01. The largest absolute Gasteiger partial charge is 0.505 e. The first kappa shape index (κ1) is 19.2. The van der Waals surface area contributed by atoms with E-state index < -0.39 is 11.6 Å². The molecule has 0 heterocycles. The maximum Gasteiger partial charge on any atom is 0.165 e. The summed E-state index contributed by atoms with van der Waals surface area (Å²) < 4.78 is 26.4. The van der Waals surface area contributed by atoms with Crippen LogP contribution in [0.1, 0.15) is 56.1 Å². The summed E-state index contributed by atoms with van der Waals surface area (Å²) in [6, 6.07) is 9.16. The Bertz CT molecular complexity index is 613. The molecule has 2 aromatic carbocycles. The number of phenolic OH excluding ortho intramolecular Hbond substituents is 2. The lowest BCUT2D eigenvalue weighted by atomic mass is 10.0. The first-order valence-electron chi connectivity index (χ1n) is 9.01. The van der Waals surface area contributed by atoms with Crippen LogP contribution in [0.2, 0.25) is 0 Å². The number of halogens is 2. The van der Waals surface area contributed by atoms with Gasteiger partial charge in [-0.2, -0.15) is 0 Å². The average molecular weight is 348 g/mol. The van der Waals surface area contributed by atoms with Crippen molar-refractivity contribution in [3.05, 3.63) is 59.2 Å². The number of rotatable bonds is 10. The fourth-order valence-electron chi connectivity index (χ4n) is 2.95. The third kappa shape index (κ3) is 6.73. The highest BCUT2D eigenvalue weighted by molar-refractivity contribution is 5.28. The zero-order valence-corrected chi connectivity index (χ0v) is 14.5. The van der Waals surface area contributed by atoms with Crippen LogP contribution in [0.3, 0.4) is 0 Å². The summed E-state index contributed by atoms with van der Waals surface area (Å²) in [7, 11) is 0. The van der Waals surface area contributed by atoms with Gasteiger partial charge in [0, 0.05) is 0 Å². The van der Waals surface area contributed by atoms with Crippen molar-refractivity contribution in [3.63, 3.8) is 0 Å². The summed E-state index contributed by atoms with van der Waals surface area (Å²) >= 11 is 0. The number of aromatic hydroxyl groups is 2. The number of benzene rings is 2. The second-order valence-corrected chi connectivity index (χ2v) is 6.55. The van der Waals surface area contributed by atoms with Crippen LogP contribution in [-0.2, 0) is 12.8 Å². The molecule has 0 aliphatic rings. The highest BCUT2D eigenvalue weighted by Gasteiger charge is 2.03. The predicted octanol–water partition coefficient (Wildman–Crippen LogP) is 5.89. The average Bonchev–Trinajstić information content (AvgIpc) is 2.59. The van der Waals surface area contributed by atoms with Gasteiger partial charge in [-0.15, -0.1) is 0 Å². The van der Waals surface area contributed by atoms with E-state index >= 15 is 0 Å². The van der Waals surface area contributed by atoms with Crippen molar-refractivity contribution in [3.8, 4) is 11.5 Å². The lowest BCUT2D eigenvalue weighted by Gasteiger charge is -2.05. The molecule has 0 amide bonds. The molecular weight excluding hydrogens is 322 g/mol. The minimum absolute atomic E-state index is 0.293. The molecule has 0 radical (unpaired) electrons. The third-order valence-electron chi connectivity index (χ3n) is 4.46. The topological polar surface area (TPSA) is 40.5 Å². The second-order valence-electron chi connectivity index (χ2n) is 6.55. The minimum atomic E-state index is -0.550. The molecule has 2 rings (SSSR count). The second kappa shape index (κ2) is 10.0. The number of unbranched alkanes of at least 4 members (excludes halogenated alkanes) is 6. The van der Waals surface area contributed by atoms with E-state index in [1.54, 1.807) is 12.1 Å². The van der Waals surface area contributed by atoms with Crippen molar-refractivity contribution < 1.29 is 19.0 Å². The molecular formula is C21H26F2O2. The lowest BCUT2D eigenvalue weighted by molar-refractivity contribution is 0.431. The molecule has 0 saturated carbocycles.